The van der Waals surface area contributed by atoms with Crippen LogP contribution in [0, 0.1) is 0 Å². The number of ketones is 1. The molecule has 0 aliphatic carbocycles. The molecular formula is C16H16ClNO2. The first kappa shape index (κ1) is 14.5. The van der Waals surface area contributed by atoms with Gasteiger partial charge in [-0.1, -0.05) is 23.7 Å². The number of ether oxygens (including phenoxy) is 1. The highest BCUT2D eigenvalue weighted by Gasteiger charge is 2.10. The largest absolute Gasteiger partial charge is 0.489 e. The maximum Gasteiger partial charge on any atom is 0.168 e. The van der Waals surface area contributed by atoms with Crippen molar-refractivity contribution in [3.63, 3.8) is 0 Å². The van der Waals surface area contributed by atoms with Gasteiger partial charge < -0.3 is 4.74 Å². The Bertz CT molecular complexity index is 611. The van der Waals surface area contributed by atoms with Crippen LogP contribution in [0.1, 0.15) is 29.8 Å². The molecule has 4 heteroatoms. The van der Waals surface area contributed by atoms with E-state index in [4.69, 9.17) is 16.3 Å². The second-order valence-corrected chi connectivity index (χ2v) is 5.24. The summed E-state index contributed by atoms with van der Waals surface area (Å²) >= 11 is 5.91. The molecule has 0 amide bonds. The lowest BCUT2D eigenvalue weighted by molar-refractivity contribution is 0.0992. The SMILES string of the molecule is CC(C)Oc1cncc(C(=O)Cc2cccc(Cl)c2)c1. The van der Waals surface area contributed by atoms with Crippen LogP contribution < -0.4 is 4.74 Å². The van der Waals surface area contributed by atoms with Gasteiger partial charge in [0.25, 0.3) is 0 Å². The summed E-state index contributed by atoms with van der Waals surface area (Å²) in [4.78, 5) is 16.3. The number of aromatic nitrogens is 1. The summed E-state index contributed by atoms with van der Waals surface area (Å²) in [6.07, 6.45) is 3.51. The van der Waals surface area contributed by atoms with Crippen molar-refractivity contribution in [3.8, 4) is 5.75 Å². The van der Waals surface area contributed by atoms with Crippen LogP contribution in [0.15, 0.2) is 42.7 Å². The Hall–Kier alpha value is -1.87. The quantitative estimate of drug-likeness (QED) is 0.783. The monoisotopic (exact) mass is 289 g/mol. The molecule has 20 heavy (non-hydrogen) atoms. The van der Waals surface area contributed by atoms with Crippen molar-refractivity contribution in [1.82, 2.24) is 4.98 Å². The van der Waals surface area contributed by atoms with Gasteiger partial charge >= 0.3 is 0 Å². The molecule has 0 saturated carbocycles. The van der Waals surface area contributed by atoms with E-state index in [2.05, 4.69) is 4.98 Å². The predicted octanol–water partition coefficient (Wildman–Crippen LogP) is 3.95. The summed E-state index contributed by atoms with van der Waals surface area (Å²) in [7, 11) is 0. The summed E-state index contributed by atoms with van der Waals surface area (Å²) in [5.74, 6) is 0.603. The van der Waals surface area contributed by atoms with Crippen LogP contribution in [0.2, 0.25) is 5.02 Å². The third kappa shape index (κ3) is 4.07. The fourth-order valence-corrected chi connectivity index (χ4v) is 2.06. The number of carbonyl (C=O) groups is 1. The van der Waals surface area contributed by atoms with Crippen molar-refractivity contribution >= 4 is 17.4 Å². The summed E-state index contributed by atoms with van der Waals surface area (Å²) in [6.45, 7) is 3.86. The third-order valence-electron chi connectivity index (χ3n) is 2.66. The zero-order chi connectivity index (χ0) is 14.5. The van der Waals surface area contributed by atoms with Gasteiger partial charge in [-0.25, -0.2) is 0 Å². The molecule has 0 bridgehead atoms. The first-order chi connectivity index (χ1) is 9.54. The van der Waals surface area contributed by atoms with Crippen LogP contribution in [0.5, 0.6) is 5.75 Å². The Morgan fingerprint density at radius 3 is 2.80 bits per heavy atom. The minimum atomic E-state index is -0.00558. The zero-order valence-corrected chi connectivity index (χ0v) is 12.2. The van der Waals surface area contributed by atoms with E-state index in [0.29, 0.717) is 22.8 Å². The highest BCUT2D eigenvalue weighted by molar-refractivity contribution is 6.30. The number of nitrogens with zero attached hydrogens (tertiary/aromatic N) is 1. The van der Waals surface area contributed by atoms with Crippen molar-refractivity contribution in [2.75, 3.05) is 0 Å². The van der Waals surface area contributed by atoms with Gasteiger partial charge in [0.1, 0.15) is 5.75 Å². The maximum absolute atomic E-state index is 12.2. The summed E-state index contributed by atoms with van der Waals surface area (Å²) in [5, 5.41) is 0.630. The van der Waals surface area contributed by atoms with Crippen LogP contribution in [0.4, 0.5) is 0 Å². The van der Waals surface area contributed by atoms with Crippen LogP contribution in [0.25, 0.3) is 0 Å². The molecule has 0 aliphatic heterocycles. The lowest BCUT2D eigenvalue weighted by Crippen LogP contribution is -2.08. The first-order valence-electron chi connectivity index (χ1n) is 6.44. The zero-order valence-electron chi connectivity index (χ0n) is 11.5. The van der Waals surface area contributed by atoms with E-state index in [-0.39, 0.29) is 11.9 Å². The molecule has 0 N–H and O–H groups in total. The summed E-state index contributed by atoms with van der Waals surface area (Å²) in [5.41, 5.74) is 1.43. The second-order valence-electron chi connectivity index (χ2n) is 4.81. The third-order valence-corrected chi connectivity index (χ3v) is 2.90. The number of Topliss-reactive ketones (excluding diaryl/α,β-unsaturated/α-hetero) is 1. The number of carbonyl (C=O) groups excluding carboxylic acids is 1. The molecule has 0 spiro atoms. The molecule has 1 heterocycles. The van der Waals surface area contributed by atoms with Gasteiger partial charge in [0.05, 0.1) is 12.3 Å². The molecular weight excluding hydrogens is 274 g/mol. The average Bonchev–Trinajstić information content (AvgIpc) is 2.38. The van der Waals surface area contributed by atoms with Crippen LogP contribution >= 0.6 is 11.6 Å². The van der Waals surface area contributed by atoms with Gasteiger partial charge in [-0.3, -0.25) is 9.78 Å². The molecule has 0 saturated heterocycles. The number of hydrogen-bond acceptors (Lipinski definition) is 3. The highest BCUT2D eigenvalue weighted by atomic mass is 35.5. The van der Waals surface area contributed by atoms with Gasteiger partial charge in [-0.05, 0) is 37.6 Å². The van der Waals surface area contributed by atoms with Gasteiger partial charge in [-0.15, -0.1) is 0 Å². The van der Waals surface area contributed by atoms with Crippen molar-refractivity contribution in [2.45, 2.75) is 26.4 Å². The molecule has 2 aromatic rings. The number of halogens is 1. The molecule has 0 fully saturated rings. The minimum absolute atomic E-state index is 0.00558. The Labute approximate surface area is 123 Å². The maximum atomic E-state index is 12.2. The van der Waals surface area contributed by atoms with Crippen LogP contribution in [0.3, 0.4) is 0 Å². The smallest absolute Gasteiger partial charge is 0.168 e. The van der Waals surface area contributed by atoms with Crippen molar-refractivity contribution in [3.05, 3.63) is 58.9 Å². The molecule has 2 rings (SSSR count). The standard InChI is InChI=1S/C16H16ClNO2/c1-11(2)20-15-8-13(9-18-10-15)16(19)7-12-4-3-5-14(17)6-12/h3-6,8-11H,7H2,1-2H3. The Balaban J connectivity index is 2.13. The van der Waals surface area contributed by atoms with Gasteiger partial charge in [-0.2, -0.15) is 0 Å². The summed E-state index contributed by atoms with van der Waals surface area (Å²) in [6, 6.07) is 9.02. The average molecular weight is 290 g/mol. The van der Waals surface area contributed by atoms with Gasteiger partial charge in [0.2, 0.25) is 0 Å². The van der Waals surface area contributed by atoms with Gasteiger partial charge in [0, 0.05) is 23.2 Å². The molecule has 0 atom stereocenters. The summed E-state index contributed by atoms with van der Waals surface area (Å²) < 4.78 is 5.54. The van der Waals surface area contributed by atoms with E-state index in [1.165, 1.54) is 0 Å². The van der Waals surface area contributed by atoms with Crippen molar-refractivity contribution in [1.29, 1.82) is 0 Å². The lowest BCUT2D eigenvalue weighted by Gasteiger charge is -2.10. The number of benzene rings is 1. The normalized spacial score (nSPS) is 10.6. The molecule has 3 nitrogen and oxygen atoms in total. The molecule has 1 aromatic heterocycles. The number of rotatable bonds is 5. The van der Waals surface area contributed by atoms with Crippen molar-refractivity contribution < 1.29 is 9.53 Å². The Kier molecular flexibility index (Phi) is 4.74. The molecule has 104 valence electrons. The van der Waals surface area contributed by atoms with E-state index in [9.17, 15) is 4.79 Å². The molecule has 1 aromatic carbocycles. The van der Waals surface area contributed by atoms with Gasteiger partial charge in [0.15, 0.2) is 5.78 Å². The fraction of sp³-hybridized carbons (Fsp3) is 0.250. The minimum Gasteiger partial charge on any atom is -0.489 e. The Morgan fingerprint density at radius 1 is 1.30 bits per heavy atom. The predicted molar refractivity (Wildman–Crippen MR) is 79.5 cm³/mol. The topological polar surface area (TPSA) is 39.2 Å². The highest BCUT2D eigenvalue weighted by Crippen LogP contribution is 2.16. The number of hydrogen-bond donors (Lipinski definition) is 0. The van der Waals surface area contributed by atoms with E-state index < -0.39 is 0 Å². The fourth-order valence-electron chi connectivity index (χ4n) is 1.84. The van der Waals surface area contributed by atoms with E-state index in [1.807, 2.05) is 26.0 Å². The second kappa shape index (κ2) is 6.53. The van der Waals surface area contributed by atoms with E-state index in [0.717, 1.165) is 5.56 Å². The van der Waals surface area contributed by atoms with E-state index >= 15 is 0 Å². The first-order valence-corrected chi connectivity index (χ1v) is 6.82. The Morgan fingerprint density at radius 2 is 2.10 bits per heavy atom. The molecule has 0 aliphatic rings. The molecule has 0 unspecified atom stereocenters. The molecule has 0 radical (unpaired) electrons. The van der Waals surface area contributed by atoms with E-state index in [1.54, 1.807) is 30.6 Å². The van der Waals surface area contributed by atoms with Crippen LogP contribution in [-0.2, 0) is 6.42 Å². The lowest BCUT2D eigenvalue weighted by atomic mass is 10.0. The van der Waals surface area contributed by atoms with Crippen LogP contribution in [-0.4, -0.2) is 16.9 Å². The number of pyridine rings is 1. The van der Waals surface area contributed by atoms with Crippen molar-refractivity contribution in [2.24, 2.45) is 0 Å².